The van der Waals surface area contributed by atoms with Crippen LogP contribution >= 0.6 is 15.9 Å². The van der Waals surface area contributed by atoms with E-state index in [0.717, 1.165) is 0 Å². The maximum atomic E-state index is 12.1. The minimum atomic E-state index is -1.20. The molecule has 0 saturated heterocycles. The number of para-hydroxylation sites is 1. The van der Waals surface area contributed by atoms with Crippen molar-refractivity contribution >= 4 is 33.5 Å². The zero-order chi connectivity index (χ0) is 15.6. The van der Waals surface area contributed by atoms with Gasteiger partial charge in [-0.25, -0.2) is 4.79 Å². The molecular weight excluding hydrogens is 342 g/mol. The van der Waals surface area contributed by atoms with Gasteiger partial charge in [-0.1, -0.05) is 22.0 Å². The highest BCUT2D eigenvalue weighted by Gasteiger charge is 2.17. The predicted octanol–water partition coefficient (Wildman–Crippen LogP) is 2.81. The molecule has 2 aromatic rings. The zero-order valence-corrected chi connectivity index (χ0v) is 12.1. The molecule has 0 aliphatic carbocycles. The molecule has 0 aromatic heterocycles. The number of anilines is 1. The van der Waals surface area contributed by atoms with Crippen LogP contribution in [0.5, 0.6) is 11.5 Å². The van der Waals surface area contributed by atoms with E-state index in [1.54, 1.807) is 6.07 Å². The zero-order valence-electron chi connectivity index (χ0n) is 10.5. The molecule has 0 bridgehead atoms. The summed E-state index contributed by atoms with van der Waals surface area (Å²) >= 11 is 3.15. The Morgan fingerprint density at radius 2 is 1.76 bits per heavy atom. The van der Waals surface area contributed by atoms with Crippen LogP contribution in [0.3, 0.4) is 0 Å². The van der Waals surface area contributed by atoms with Gasteiger partial charge < -0.3 is 20.6 Å². The molecule has 0 spiro atoms. The number of phenolic OH excluding ortho intramolecular Hbond substituents is 2. The number of hydrogen-bond acceptors (Lipinski definition) is 4. The van der Waals surface area contributed by atoms with Gasteiger partial charge in [-0.2, -0.15) is 0 Å². The van der Waals surface area contributed by atoms with E-state index >= 15 is 0 Å². The third-order valence-corrected chi connectivity index (χ3v) is 3.21. The van der Waals surface area contributed by atoms with Gasteiger partial charge in [-0.3, -0.25) is 4.79 Å². The molecule has 0 unspecified atom stereocenters. The van der Waals surface area contributed by atoms with Gasteiger partial charge >= 0.3 is 5.97 Å². The molecule has 108 valence electrons. The van der Waals surface area contributed by atoms with Gasteiger partial charge in [-0.05, 0) is 30.3 Å². The normalized spacial score (nSPS) is 10.1. The number of aromatic carboxylic acids is 1. The fraction of sp³-hybridized carbons (Fsp3) is 0. The Bertz CT molecular complexity index is 729. The van der Waals surface area contributed by atoms with Gasteiger partial charge in [0.05, 0.1) is 16.8 Å². The third-order valence-electron chi connectivity index (χ3n) is 2.72. The number of rotatable bonds is 3. The molecule has 1 amide bonds. The van der Waals surface area contributed by atoms with E-state index < -0.39 is 23.4 Å². The minimum absolute atomic E-state index is 0.0819. The summed E-state index contributed by atoms with van der Waals surface area (Å²) < 4.78 is 0.554. The molecule has 0 radical (unpaired) electrons. The monoisotopic (exact) mass is 351 g/mol. The molecule has 4 N–H and O–H groups in total. The van der Waals surface area contributed by atoms with Crippen molar-refractivity contribution in [2.45, 2.75) is 0 Å². The maximum absolute atomic E-state index is 12.1. The Kier molecular flexibility index (Phi) is 4.13. The van der Waals surface area contributed by atoms with Crippen molar-refractivity contribution < 1.29 is 24.9 Å². The highest BCUT2D eigenvalue weighted by molar-refractivity contribution is 9.10. The summed E-state index contributed by atoms with van der Waals surface area (Å²) in [4.78, 5) is 23.2. The van der Waals surface area contributed by atoms with Gasteiger partial charge in [0.25, 0.3) is 5.91 Å². The first-order valence-electron chi connectivity index (χ1n) is 5.75. The lowest BCUT2D eigenvalue weighted by Crippen LogP contribution is -2.15. The Balaban J connectivity index is 2.36. The molecular formula is C14H10BrNO5. The minimum Gasteiger partial charge on any atom is -0.504 e. The molecule has 0 aliphatic rings. The van der Waals surface area contributed by atoms with E-state index in [1.165, 1.54) is 30.3 Å². The molecule has 6 nitrogen and oxygen atoms in total. The lowest BCUT2D eigenvalue weighted by Gasteiger charge is -2.10. The smallest absolute Gasteiger partial charge is 0.337 e. The first-order valence-corrected chi connectivity index (χ1v) is 6.54. The van der Waals surface area contributed by atoms with Crippen molar-refractivity contribution in [1.29, 1.82) is 0 Å². The summed E-state index contributed by atoms with van der Waals surface area (Å²) in [6.45, 7) is 0. The SMILES string of the molecule is O=C(O)c1cc(Br)ccc1NC(=O)c1cccc(O)c1O. The lowest BCUT2D eigenvalue weighted by molar-refractivity contribution is 0.0698. The van der Waals surface area contributed by atoms with E-state index in [0.29, 0.717) is 4.47 Å². The maximum Gasteiger partial charge on any atom is 0.337 e. The Hall–Kier alpha value is -2.54. The molecule has 0 atom stereocenters. The largest absolute Gasteiger partial charge is 0.504 e. The van der Waals surface area contributed by atoms with E-state index in [-0.39, 0.29) is 16.8 Å². The number of carbonyl (C=O) groups excluding carboxylic acids is 1. The van der Waals surface area contributed by atoms with E-state index in [9.17, 15) is 19.8 Å². The second-order valence-corrected chi connectivity index (χ2v) is 5.04. The fourth-order valence-corrected chi connectivity index (χ4v) is 2.07. The number of benzene rings is 2. The average molecular weight is 352 g/mol. The molecule has 7 heteroatoms. The number of amides is 1. The van der Waals surface area contributed by atoms with Crippen LogP contribution in [0.25, 0.3) is 0 Å². The number of carboxylic acids is 1. The third kappa shape index (κ3) is 3.14. The van der Waals surface area contributed by atoms with Crippen LogP contribution in [-0.2, 0) is 0 Å². The molecule has 2 rings (SSSR count). The number of hydrogen-bond donors (Lipinski definition) is 4. The summed E-state index contributed by atoms with van der Waals surface area (Å²) in [6.07, 6.45) is 0. The Labute approximate surface area is 127 Å². The molecule has 21 heavy (non-hydrogen) atoms. The summed E-state index contributed by atoms with van der Waals surface area (Å²) in [5.41, 5.74) is -0.176. The molecule has 0 heterocycles. The van der Waals surface area contributed by atoms with Crippen LogP contribution in [0.15, 0.2) is 40.9 Å². The van der Waals surface area contributed by atoms with Crippen molar-refractivity contribution in [1.82, 2.24) is 0 Å². The number of nitrogens with one attached hydrogen (secondary N) is 1. The molecule has 0 aliphatic heterocycles. The summed E-state index contributed by atoms with van der Waals surface area (Å²) in [5.74, 6) is -2.93. The van der Waals surface area contributed by atoms with Crippen molar-refractivity contribution in [3.8, 4) is 11.5 Å². The number of carbonyl (C=O) groups is 2. The van der Waals surface area contributed by atoms with Crippen LogP contribution in [0.1, 0.15) is 20.7 Å². The summed E-state index contributed by atoms with van der Waals surface area (Å²) in [5, 5.41) is 30.5. The van der Waals surface area contributed by atoms with E-state index in [1.807, 2.05) is 0 Å². The number of carboxylic acid groups (broad SMARTS) is 1. The average Bonchev–Trinajstić information content (AvgIpc) is 2.43. The van der Waals surface area contributed by atoms with Gasteiger partial charge in [0, 0.05) is 4.47 Å². The highest BCUT2D eigenvalue weighted by atomic mass is 79.9. The second kappa shape index (κ2) is 5.84. The van der Waals surface area contributed by atoms with Crippen LogP contribution < -0.4 is 5.32 Å². The summed E-state index contributed by atoms with van der Waals surface area (Å²) in [6, 6.07) is 8.28. The lowest BCUT2D eigenvalue weighted by atomic mass is 10.1. The fourth-order valence-electron chi connectivity index (χ4n) is 1.71. The molecule has 0 saturated carbocycles. The quantitative estimate of drug-likeness (QED) is 0.636. The van der Waals surface area contributed by atoms with Crippen molar-refractivity contribution in [2.24, 2.45) is 0 Å². The summed E-state index contributed by atoms with van der Waals surface area (Å²) in [7, 11) is 0. The van der Waals surface area contributed by atoms with Crippen molar-refractivity contribution in [3.63, 3.8) is 0 Å². The Morgan fingerprint density at radius 1 is 1.05 bits per heavy atom. The van der Waals surface area contributed by atoms with E-state index in [2.05, 4.69) is 21.2 Å². The van der Waals surface area contributed by atoms with Gasteiger partial charge in [-0.15, -0.1) is 0 Å². The van der Waals surface area contributed by atoms with Gasteiger partial charge in [0.2, 0.25) is 0 Å². The standard InChI is InChI=1S/C14H10BrNO5/c15-7-4-5-10(9(6-7)14(20)21)16-13(19)8-2-1-3-11(17)12(8)18/h1-6,17-18H,(H,16,19)(H,20,21). The highest BCUT2D eigenvalue weighted by Crippen LogP contribution is 2.29. The van der Waals surface area contributed by atoms with E-state index in [4.69, 9.17) is 5.11 Å². The molecule has 2 aromatic carbocycles. The molecule has 0 fully saturated rings. The van der Waals surface area contributed by atoms with Gasteiger partial charge in [0.1, 0.15) is 0 Å². The van der Waals surface area contributed by atoms with Crippen molar-refractivity contribution in [3.05, 3.63) is 52.0 Å². The second-order valence-electron chi connectivity index (χ2n) is 4.12. The number of halogens is 1. The van der Waals surface area contributed by atoms with Crippen LogP contribution in [0, 0.1) is 0 Å². The van der Waals surface area contributed by atoms with Crippen LogP contribution in [0.2, 0.25) is 0 Å². The van der Waals surface area contributed by atoms with Crippen LogP contribution in [-0.4, -0.2) is 27.2 Å². The first kappa shape index (κ1) is 14.9. The number of aromatic hydroxyl groups is 2. The Morgan fingerprint density at radius 3 is 2.43 bits per heavy atom. The topological polar surface area (TPSA) is 107 Å². The van der Waals surface area contributed by atoms with Gasteiger partial charge in [0.15, 0.2) is 11.5 Å². The number of phenols is 2. The first-order chi connectivity index (χ1) is 9.90. The predicted molar refractivity (Wildman–Crippen MR) is 78.8 cm³/mol. The van der Waals surface area contributed by atoms with Crippen molar-refractivity contribution in [2.75, 3.05) is 5.32 Å². The van der Waals surface area contributed by atoms with Crippen LogP contribution in [0.4, 0.5) is 5.69 Å².